The third kappa shape index (κ3) is 3.59. The Morgan fingerprint density at radius 1 is 1.00 bits per heavy atom. The number of para-hydroxylation sites is 2. The fourth-order valence-electron chi connectivity index (χ4n) is 2.51. The van der Waals surface area contributed by atoms with Crippen molar-refractivity contribution in [2.75, 3.05) is 11.1 Å². The van der Waals surface area contributed by atoms with Gasteiger partial charge in [-0.05, 0) is 36.4 Å². The van der Waals surface area contributed by atoms with Crippen LogP contribution in [-0.4, -0.2) is 31.1 Å². The van der Waals surface area contributed by atoms with E-state index in [0.29, 0.717) is 11.6 Å². The van der Waals surface area contributed by atoms with E-state index in [1.54, 1.807) is 23.0 Å². The van der Waals surface area contributed by atoms with Gasteiger partial charge in [0.1, 0.15) is 12.1 Å². The van der Waals surface area contributed by atoms with Crippen LogP contribution in [0.5, 0.6) is 5.75 Å². The third-order valence-electron chi connectivity index (χ3n) is 3.65. The van der Waals surface area contributed by atoms with E-state index >= 15 is 0 Å². The van der Waals surface area contributed by atoms with Crippen LogP contribution in [0.15, 0.2) is 54.9 Å². The summed E-state index contributed by atoms with van der Waals surface area (Å²) in [6, 6.07) is 13.5. The van der Waals surface area contributed by atoms with E-state index in [4.69, 9.17) is 5.73 Å². The van der Waals surface area contributed by atoms with Crippen molar-refractivity contribution in [3.8, 4) is 11.7 Å². The lowest BCUT2D eigenvalue weighted by Gasteiger charge is -2.09. The topological polar surface area (TPSA) is 104 Å². The van der Waals surface area contributed by atoms with Gasteiger partial charge in [-0.25, -0.2) is 4.98 Å². The van der Waals surface area contributed by atoms with Crippen molar-refractivity contribution in [2.24, 2.45) is 0 Å². The molecule has 0 saturated heterocycles. The zero-order chi connectivity index (χ0) is 18.8. The SMILES string of the molecule is Nc1nc(Nc2ccc(OC(F)F)cc2)nc(-n2cnc3ccccc32)n1. The van der Waals surface area contributed by atoms with Crippen molar-refractivity contribution >= 4 is 28.6 Å². The van der Waals surface area contributed by atoms with Gasteiger partial charge in [0, 0.05) is 5.69 Å². The molecule has 4 rings (SSSR count). The molecular formula is C17H13F2N7O. The quantitative estimate of drug-likeness (QED) is 0.557. The van der Waals surface area contributed by atoms with E-state index in [2.05, 4.69) is 30.0 Å². The zero-order valence-corrected chi connectivity index (χ0v) is 13.8. The van der Waals surface area contributed by atoms with Crippen LogP contribution in [-0.2, 0) is 0 Å². The first kappa shape index (κ1) is 16.6. The van der Waals surface area contributed by atoms with Gasteiger partial charge in [0.05, 0.1) is 11.0 Å². The predicted octanol–water partition coefficient (Wildman–Crippen LogP) is 3.14. The lowest BCUT2D eigenvalue weighted by Crippen LogP contribution is -2.08. The summed E-state index contributed by atoms with van der Waals surface area (Å²) in [5.41, 5.74) is 7.99. The molecule has 0 aliphatic heterocycles. The Bertz CT molecular complexity index is 1080. The molecule has 10 heteroatoms. The minimum Gasteiger partial charge on any atom is -0.435 e. The zero-order valence-electron chi connectivity index (χ0n) is 13.8. The number of nitrogens with two attached hydrogens (primary N) is 1. The Hall–Kier alpha value is -3.82. The summed E-state index contributed by atoms with van der Waals surface area (Å²) in [6.07, 6.45) is 1.60. The minimum absolute atomic E-state index is 0.0259. The van der Waals surface area contributed by atoms with E-state index in [-0.39, 0.29) is 17.6 Å². The van der Waals surface area contributed by atoms with Crippen LogP contribution in [0.3, 0.4) is 0 Å². The van der Waals surface area contributed by atoms with Crippen LogP contribution in [0.25, 0.3) is 17.0 Å². The summed E-state index contributed by atoms with van der Waals surface area (Å²) in [5, 5.41) is 2.96. The Balaban J connectivity index is 1.63. The van der Waals surface area contributed by atoms with E-state index in [0.717, 1.165) is 11.0 Å². The van der Waals surface area contributed by atoms with E-state index < -0.39 is 6.61 Å². The average molecular weight is 369 g/mol. The van der Waals surface area contributed by atoms with Gasteiger partial charge in [-0.2, -0.15) is 23.7 Å². The summed E-state index contributed by atoms with van der Waals surface area (Å²) in [6.45, 7) is -2.88. The number of benzene rings is 2. The highest BCUT2D eigenvalue weighted by molar-refractivity contribution is 5.76. The molecule has 0 unspecified atom stereocenters. The average Bonchev–Trinajstić information content (AvgIpc) is 3.07. The molecule has 4 aromatic rings. The summed E-state index contributed by atoms with van der Waals surface area (Å²) in [7, 11) is 0. The maximum atomic E-state index is 12.2. The van der Waals surface area contributed by atoms with Gasteiger partial charge in [0.2, 0.25) is 17.8 Å². The molecule has 136 valence electrons. The summed E-state index contributed by atoms with van der Waals surface area (Å²) in [5.74, 6) is 0.586. The standard InChI is InChI=1S/C17H13F2N7O/c18-14(19)27-11-7-5-10(6-8-11)22-16-23-15(20)24-17(25-16)26-9-21-12-3-1-2-4-13(12)26/h1-9,14H,(H3,20,22,23,24,25). The maximum Gasteiger partial charge on any atom is 0.387 e. The van der Waals surface area contributed by atoms with Crippen molar-refractivity contribution in [3.63, 3.8) is 0 Å². The highest BCUT2D eigenvalue weighted by atomic mass is 19.3. The van der Waals surface area contributed by atoms with Crippen molar-refractivity contribution in [3.05, 3.63) is 54.9 Å². The van der Waals surface area contributed by atoms with Crippen LogP contribution in [0, 0.1) is 0 Å². The van der Waals surface area contributed by atoms with Crippen molar-refractivity contribution in [1.29, 1.82) is 0 Å². The fourth-order valence-corrected chi connectivity index (χ4v) is 2.51. The van der Waals surface area contributed by atoms with E-state index in [1.165, 1.54) is 12.1 Å². The molecule has 0 saturated carbocycles. The van der Waals surface area contributed by atoms with Gasteiger partial charge in [-0.3, -0.25) is 4.57 Å². The second-order valence-electron chi connectivity index (χ2n) is 5.45. The molecular weight excluding hydrogens is 356 g/mol. The molecule has 8 nitrogen and oxygen atoms in total. The number of imidazole rings is 1. The molecule has 0 aliphatic rings. The molecule has 27 heavy (non-hydrogen) atoms. The number of rotatable bonds is 5. The molecule has 0 aliphatic carbocycles. The molecule has 3 N–H and O–H groups in total. The number of nitrogens with one attached hydrogen (secondary N) is 1. The molecule has 2 aromatic heterocycles. The van der Waals surface area contributed by atoms with Gasteiger partial charge >= 0.3 is 6.61 Å². The molecule has 2 heterocycles. The number of anilines is 3. The molecule has 0 fully saturated rings. The summed E-state index contributed by atoms with van der Waals surface area (Å²) >= 11 is 0. The fraction of sp³-hybridized carbons (Fsp3) is 0.0588. The first-order chi connectivity index (χ1) is 13.1. The second-order valence-corrected chi connectivity index (χ2v) is 5.45. The molecule has 0 radical (unpaired) electrons. The molecule has 2 aromatic carbocycles. The van der Waals surface area contributed by atoms with Crippen molar-refractivity contribution in [1.82, 2.24) is 24.5 Å². The number of ether oxygens (including phenoxy) is 1. The van der Waals surface area contributed by atoms with E-state index in [9.17, 15) is 8.78 Å². The Labute approximate surface area is 151 Å². The first-order valence-corrected chi connectivity index (χ1v) is 7.84. The number of halogens is 2. The lowest BCUT2D eigenvalue weighted by molar-refractivity contribution is -0.0498. The van der Waals surface area contributed by atoms with Crippen LogP contribution < -0.4 is 15.8 Å². The Morgan fingerprint density at radius 3 is 2.56 bits per heavy atom. The smallest absolute Gasteiger partial charge is 0.387 e. The van der Waals surface area contributed by atoms with Gasteiger partial charge < -0.3 is 15.8 Å². The number of hydrogen-bond acceptors (Lipinski definition) is 7. The van der Waals surface area contributed by atoms with Gasteiger partial charge in [-0.15, -0.1) is 0 Å². The van der Waals surface area contributed by atoms with Crippen LogP contribution in [0.1, 0.15) is 0 Å². The van der Waals surface area contributed by atoms with Crippen LogP contribution in [0.2, 0.25) is 0 Å². The summed E-state index contributed by atoms with van der Waals surface area (Å²) < 4.78 is 30.4. The summed E-state index contributed by atoms with van der Waals surface area (Å²) in [4.78, 5) is 16.8. The monoisotopic (exact) mass is 369 g/mol. The van der Waals surface area contributed by atoms with E-state index in [1.807, 2.05) is 24.3 Å². The first-order valence-electron chi connectivity index (χ1n) is 7.84. The molecule has 0 bridgehead atoms. The third-order valence-corrected chi connectivity index (χ3v) is 3.65. The van der Waals surface area contributed by atoms with Crippen molar-refractivity contribution in [2.45, 2.75) is 6.61 Å². The second kappa shape index (κ2) is 6.83. The maximum absolute atomic E-state index is 12.2. The number of aromatic nitrogens is 5. The Kier molecular flexibility index (Phi) is 4.21. The molecule has 0 atom stereocenters. The predicted molar refractivity (Wildman–Crippen MR) is 95.2 cm³/mol. The van der Waals surface area contributed by atoms with Crippen LogP contribution >= 0.6 is 0 Å². The van der Waals surface area contributed by atoms with Crippen molar-refractivity contribution < 1.29 is 13.5 Å². The lowest BCUT2D eigenvalue weighted by atomic mass is 10.3. The highest BCUT2D eigenvalue weighted by Gasteiger charge is 2.11. The number of nitrogen functional groups attached to an aromatic ring is 1. The number of alkyl halides is 2. The Morgan fingerprint density at radius 2 is 1.78 bits per heavy atom. The minimum atomic E-state index is -2.88. The van der Waals surface area contributed by atoms with Gasteiger partial charge in [0.25, 0.3) is 0 Å². The molecule has 0 spiro atoms. The van der Waals surface area contributed by atoms with Crippen LogP contribution in [0.4, 0.5) is 26.4 Å². The largest absolute Gasteiger partial charge is 0.435 e. The van der Waals surface area contributed by atoms with Gasteiger partial charge in [-0.1, -0.05) is 12.1 Å². The normalized spacial score (nSPS) is 11.1. The number of fused-ring (bicyclic) bond motifs is 1. The number of nitrogens with zero attached hydrogens (tertiary/aromatic N) is 5. The number of hydrogen-bond donors (Lipinski definition) is 2. The highest BCUT2D eigenvalue weighted by Crippen LogP contribution is 2.21. The molecule has 0 amide bonds. The van der Waals surface area contributed by atoms with Gasteiger partial charge in [0.15, 0.2) is 0 Å².